The fourth-order valence-corrected chi connectivity index (χ4v) is 1.82. The summed E-state index contributed by atoms with van der Waals surface area (Å²) in [5, 5.41) is 0. The number of ketones is 1. The summed E-state index contributed by atoms with van der Waals surface area (Å²) in [6.45, 7) is 13.8. The van der Waals surface area contributed by atoms with Crippen LogP contribution in [0.5, 0.6) is 0 Å². The zero-order valence-corrected chi connectivity index (χ0v) is 14.4. The number of Topliss-reactive ketones (excluding diaryl/α,β-unsaturated/α-hetero) is 1. The van der Waals surface area contributed by atoms with Crippen molar-refractivity contribution in [2.24, 2.45) is 0 Å². The zero-order chi connectivity index (χ0) is 16.4. The summed E-state index contributed by atoms with van der Waals surface area (Å²) in [5.41, 5.74) is 5.70. The highest BCUT2D eigenvalue weighted by molar-refractivity contribution is 5.94. The Morgan fingerprint density at radius 2 is 1.19 bits per heavy atom. The van der Waals surface area contributed by atoms with Crippen molar-refractivity contribution in [3.8, 4) is 11.1 Å². The molecule has 0 spiro atoms. The third kappa shape index (κ3) is 5.55. The van der Waals surface area contributed by atoms with Crippen molar-refractivity contribution in [1.29, 1.82) is 0 Å². The molecule has 114 valence electrons. The number of hydrogen-bond donors (Lipinski definition) is 0. The molecule has 2 aromatic carbocycles. The lowest BCUT2D eigenvalue weighted by Gasteiger charge is -2.06. The average molecular weight is 284 g/mol. The lowest BCUT2D eigenvalue weighted by molar-refractivity contribution is 0.101. The normalized spacial score (nSPS) is 8.90. The second kappa shape index (κ2) is 9.93. The van der Waals surface area contributed by atoms with Crippen LogP contribution in [-0.2, 0) is 0 Å². The van der Waals surface area contributed by atoms with Crippen molar-refractivity contribution in [1.82, 2.24) is 0 Å². The molecule has 1 heteroatoms. The van der Waals surface area contributed by atoms with Crippen LogP contribution in [0.25, 0.3) is 11.1 Å². The van der Waals surface area contributed by atoms with Gasteiger partial charge in [0.25, 0.3) is 0 Å². The maximum atomic E-state index is 11.2. The molecule has 0 aliphatic heterocycles. The van der Waals surface area contributed by atoms with Crippen molar-refractivity contribution < 1.29 is 4.79 Å². The summed E-state index contributed by atoms with van der Waals surface area (Å²) in [7, 11) is 0. The molecule has 0 heterocycles. The Morgan fingerprint density at radius 1 is 0.714 bits per heavy atom. The molecule has 0 amide bonds. The van der Waals surface area contributed by atoms with Crippen LogP contribution in [0.2, 0.25) is 0 Å². The van der Waals surface area contributed by atoms with Crippen LogP contribution in [0.3, 0.4) is 0 Å². The number of rotatable bonds is 2. The molecule has 2 aromatic rings. The number of aryl methyl sites for hydroxylation is 2. The maximum absolute atomic E-state index is 11.2. The molecule has 0 radical (unpaired) electrons. The maximum Gasteiger partial charge on any atom is 0.159 e. The lowest BCUT2D eigenvalue weighted by atomic mass is 9.99. The standard InChI is InChI=1S/C16H16O.2C2H6/c1-11-4-5-16(10-12(11)2)15-8-6-14(7-9-15)13(3)17;2*1-2/h4-10H,1-3H3;2*1-2H3. The SMILES string of the molecule is CC.CC.CC(=O)c1ccc(-c2ccc(C)c(C)c2)cc1. The molecule has 0 aliphatic carbocycles. The molecule has 0 bridgehead atoms. The van der Waals surface area contributed by atoms with Gasteiger partial charge in [0.05, 0.1) is 0 Å². The zero-order valence-electron chi connectivity index (χ0n) is 14.4. The predicted molar refractivity (Wildman–Crippen MR) is 94.1 cm³/mol. The van der Waals surface area contributed by atoms with Crippen LogP contribution < -0.4 is 0 Å². The Hall–Kier alpha value is -1.89. The quantitative estimate of drug-likeness (QED) is 0.598. The second-order valence-electron chi connectivity index (χ2n) is 4.43. The van der Waals surface area contributed by atoms with Gasteiger partial charge < -0.3 is 0 Å². The third-order valence-corrected chi connectivity index (χ3v) is 3.13. The van der Waals surface area contributed by atoms with Gasteiger partial charge in [-0.3, -0.25) is 4.79 Å². The van der Waals surface area contributed by atoms with E-state index in [0.717, 1.165) is 11.1 Å². The Labute approximate surface area is 130 Å². The minimum Gasteiger partial charge on any atom is -0.295 e. The monoisotopic (exact) mass is 284 g/mol. The van der Waals surface area contributed by atoms with E-state index in [1.165, 1.54) is 16.7 Å². The number of carbonyl (C=O) groups is 1. The van der Waals surface area contributed by atoms with Crippen LogP contribution in [0.15, 0.2) is 42.5 Å². The van der Waals surface area contributed by atoms with Gasteiger partial charge in [0.2, 0.25) is 0 Å². The molecular weight excluding hydrogens is 256 g/mol. The Balaban J connectivity index is 0.000000921. The summed E-state index contributed by atoms with van der Waals surface area (Å²) in [5.74, 6) is 0.108. The molecule has 0 unspecified atom stereocenters. The van der Waals surface area contributed by atoms with E-state index in [4.69, 9.17) is 0 Å². The first kappa shape index (κ1) is 19.1. The fourth-order valence-electron chi connectivity index (χ4n) is 1.82. The van der Waals surface area contributed by atoms with E-state index in [1.54, 1.807) is 6.92 Å². The Kier molecular flexibility index (Phi) is 9.03. The van der Waals surface area contributed by atoms with Crippen molar-refractivity contribution in [3.63, 3.8) is 0 Å². The first-order valence-electron chi connectivity index (χ1n) is 7.76. The molecule has 0 fully saturated rings. The molecule has 1 nitrogen and oxygen atoms in total. The first-order chi connectivity index (χ1) is 10.1. The van der Waals surface area contributed by atoms with E-state index in [0.29, 0.717) is 0 Å². The lowest BCUT2D eigenvalue weighted by Crippen LogP contribution is -1.91. The van der Waals surface area contributed by atoms with Gasteiger partial charge >= 0.3 is 0 Å². The smallest absolute Gasteiger partial charge is 0.159 e. The van der Waals surface area contributed by atoms with E-state index in [2.05, 4.69) is 32.0 Å². The van der Waals surface area contributed by atoms with Crippen LogP contribution in [0.1, 0.15) is 56.1 Å². The van der Waals surface area contributed by atoms with Crippen LogP contribution in [0.4, 0.5) is 0 Å². The molecular formula is C20H28O. The fraction of sp³-hybridized carbons (Fsp3) is 0.350. The molecule has 0 atom stereocenters. The van der Waals surface area contributed by atoms with E-state index >= 15 is 0 Å². The van der Waals surface area contributed by atoms with Gasteiger partial charge in [0.15, 0.2) is 5.78 Å². The van der Waals surface area contributed by atoms with E-state index in [9.17, 15) is 4.79 Å². The molecule has 0 aromatic heterocycles. The van der Waals surface area contributed by atoms with Crippen molar-refractivity contribution >= 4 is 5.78 Å². The Morgan fingerprint density at radius 3 is 1.62 bits per heavy atom. The van der Waals surface area contributed by atoms with Crippen molar-refractivity contribution in [3.05, 3.63) is 59.2 Å². The minimum absolute atomic E-state index is 0.108. The largest absolute Gasteiger partial charge is 0.295 e. The van der Waals surface area contributed by atoms with E-state index in [1.807, 2.05) is 52.0 Å². The van der Waals surface area contributed by atoms with Gasteiger partial charge in [0.1, 0.15) is 0 Å². The van der Waals surface area contributed by atoms with Gasteiger partial charge in [-0.1, -0.05) is 70.2 Å². The van der Waals surface area contributed by atoms with Gasteiger partial charge in [-0.2, -0.15) is 0 Å². The summed E-state index contributed by atoms with van der Waals surface area (Å²) >= 11 is 0. The number of benzene rings is 2. The molecule has 2 rings (SSSR count). The highest BCUT2D eigenvalue weighted by atomic mass is 16.1. The first-order valence-corrected chi connectivity index (χ1v) is 7.76. The second-order valence-corrected chi connectivity index (χ2v) is 4.43. The average Bonchev–Trinajstić information content (AvgIpc) is 2.54. The molecule has 0 saturated carbocycles. The van der Waals surface area contributed by atoms with Crippen LogP contribution in [0, 0.1) is 13.8 Å². The highest BCUT2D eigenvalue weighted by Gasteiger charge is 2.02. The van der Waals surface area contributed by atoms with Crippen molar-refractivity contribution in [2.45, 2.75) is 48.5 Å². The van der Waals surface area contributed by atoms with E-state index < -0.39 is 0 Å². The van der Waals surface area contributed by atoms with Crippen LogP contribution in [-0.4, -0.2) is 5.78 Å². The molecule has 0 N–H and O–H groups in total. The van der Waals surface area contributed by atoms with Crippen LogP contribution >= 0.6 is 0 Å². The van der Waals surface area contributed by atoms with Crippen molar-refractivity contribution in [2.75, 3.05) is 0 Å². The summed E-state index contributed by atoms with van der Waals surface area (Å²) in [6, 6.07) is 14.2. The van der Waals surface area contributed by atoms with Gasteiger partial charge in [-0.05, 0) is 43.0 Å². The van der Waals surface area contributed by atoms with Gasteiger partial charge in [-0.25, -0.2) is 0 Å². The third-order valence-electron chi connectivity index (χ3n) is 3.13. The summed E-state index contributed by atoms with van der Waals surface area (Å²) < 4.78 is 0. The summed E-state index contributed by atoms with van der Waals surface area (Å²) in [6.07, 6.45) is 0. The van der Waals surface area contributed by atoms with Gasteiger partial charge in [-0.15, -0.1) is 0 Å². The Bertz CT molecular complexity index is 551. The van der Waals surface area contributed by atoms with E-state index in [-0.39, 0.29) is 5.78 Å². The predicted octanol–water partition coefficient (Wildman–Crippen LogP) is 6.23. The number of carbonyl (C=O) groups excluding carboxylic acids is 1. The highest BCUT2D eigenvalue weighted by Crippen LogP contribution is 2.22. The molecule has 21 heavy (non-hydrogen) atoms. The van der Waals surface area contributed by atoms with Gasteiger partial charge in [0, 0.05) is 5.56 Å². The minimum atomic E-state index is 0.108. The topological polar surface area (TPSA) is 17.1 Å². The number of hydrogen-bond acceptors (Lipinski definition) is 1. The molecule has 0 saturated heterocycles. The summed E-state index contributed by atoms with van der Waals surface area (Å²) in [4.78, 5) is 11.2. The molecule has 0 aliphatic rings.